The van der Waals surface area contributed by atoms with Crippen molar-refractivity contribution in [2.75, 3.05) is 17.8 Å². The lowest BCUT2D eigenvalue weighted by atomic mass is 9.93. The molecule has 0 unspecified atom stereocenters. The number of allylic oxidation sites excluding steroid dienone is 2. The summed E-state index contributed by atoms with van der Waals surface area (Å²) in [7, 11) is 0. The minimum Gasteiger partial charge on any atom is -0.488 e. The molecule has 0 radical (unpaired) electrons. The van der Waals surface area contributed by atoms with Crippen LogP contribution in [0.1, 0.15) is 71.6 Å². The van der Waals surface area contributed by atoms with Crippen molar-refractivity contribution >= 4 is 40.3 Å². The minimum absolute atomic E-state index is 0.140. The standard InChI is InChI=1S/C32H30ClF4NO4/c1-2-41-31(40)22-15-21(16-24(17-22)38-30(39)11-6-14-33)25-8-5-9-26(25)27-18-23(32(35,36)37)12-13-29(27)42-19-20-7-3-4-10-28(20)34/h3-4,7,10,12-13,15-18H,2,5-6,8-9,11,14,19H2,1H3,(H,38,39). The number of nitrogens with one attached hydrogen (secondary N) is 1. The molecule has 1 aliphatic carbocycles. The lowest BCUT2D eigenvalue weighted by Gasteiger charge is -2.18. The normalized spacial score (nSPS) is 13.3. The number of carbonyl (C=O) groups is 2. The molecule has 0 saturated heterocycles. The second-order valence-corrected chi connectivity index (χ2v) is 10.1. The summed E-state index contributed by atoms with van der Waals surface area (Å²) in [5.74, 6) is -0.871. The molecule has 0 aliphatic heterocycles. The molecule has 1 N–H and O–H groups in total. The Morgan fingerprint density at radius 1 is 1.00 bits per heavy atom. The Morgan fingerprint density at radius 3 is 2.48 bits per heavy atom. The van der Waals surface area contributed by atoms with Crippen LogP contribution < -0.4 is 10.1 Å². The number of hydrogen-bond donors (Lipinski definition) is 1. The van der Waals surface area contributed by atoms with Crippen LogP contribution in [-0.2, 0) is 22.3 Å². The van der Waals surface area contributed by atoms with Gasteiger partial charge >= 0.3 is 12.1 Å². The molecule has 1 amide bonds. The van der Waals surface area contributed by atoms with Gasteiger partial charge in [0.2, 0.25) is 5.91 Å². The highest BCUT2D eigenvalue weighted by Crippen LogP contribution is 2.45. The van der Waals surface area contributed by atoms with Gasteiger partial charge in [-0.25, -0.2) is 9.18 Å². The van der Waals surface area contributed by atoms with Gasteiger partial charge in [0, 0.05) is 29.1 Å². The molecule has 3 aromatic rings. The van der Waals surface area contributed by atoms with Gasteiger partial charge < -0.3 is 14.8 Å². The van der Waals surface area contributed by atoms with E-state index in [9.17, 15) is 27.2 Å². The molecule has 1 aliphatic rings. The number of anilines is 1. The summed E-state index contributed by atoms with van der Waals surface area (Å²) >= 11 is 5.71. The molecular weight excluding hydrogens is 574 g/mol. The van der Waals surface area contributed by atoms with Gasteiger partial charge in [0.05, 0.1) is 17.7 Å². The molecule has 10 heteroatoms. The Kier molecular flexibility index (Phi) is 10.3. The van der Waals surface area contributed by atoms with Crippen molar-refractivity contribution in [3.8, 4) is 5.75 Å². The number of amides is 1. The van der Waals surface area contributed by atoms with E-state index in [1.165, 1.54) is 24.3 Å². The van der Waals surface area contributed by atoms with E-state index in [1.807, 2.05) is 0 Å². The Morgan fingerprint density at radius 2 is 1.76 bits per heavy atom. The monoisotopic (exact) mass is 603 g/mol. The smallest absolute Gasteiger partial charge is 0.416 e. The van der Waals surface area contributed by atoms with Gasteiger partial charge in [-0.05, 0) is 91.8 Å². The molecule has 222 valence electrons. The second kappa shape index (κ2) is 13.9. The van der Waals surface area contributed by atoms with E-state index in [-0.39, 0.29) is 48.0 Å². The van der Waals surface area contributed by atoms with E-state index in [0.29, 0.717) is 54.0 Å². The molecule has 0 atom stereocenters. The minimum atomic E-state index is -4.59. The SMILES string of the molecule is CCOC(=O)c1cc(NC(=O)CCCCl)cc(C2=C(c3cc(C(F)(F)F)ccc3OCc3ccccc3F)CCC2)c1. The van der Waals surface area contributed by atoms with Crippen molar-refractivity contribution in [3.63, 3.8) is 0 Å². The van der Waals surface area contributed by atoms with Gasteiger partial charge in [-0.3, -0.25) is 4.79 Å². The number of ether oxygens (including phenoxy) is 2. The Balaban J connectivity index is 1.80. The second-order valence-electron chi connectivity index (χ2n) is 9.76. The van der Waals surface area contributed by atoms with Crippen LogP contribution in [0.4, 0.5) is 23.2 Å². The van der Waals surface area contributed by atoms with E-state index in [4.69, 9.17) is 21.1 Å². The number of rotatable bonds is 11. The van der Waals surface area contributed by atoms with Crippen molar-refractivity contribution < 1.29 is 36.6 Å². The lowest BCUT2D eigenvalue weighted by Crippen LogP contribution is -2.13. The van der Waals surface area contributed by atoms with Crippen LogP contribution in [0.3, 0.4) is 0 Å². The number of benzene rings is 3. The fraction of sp³-hybridized carbons (Fsp3) is 0.312. The zero-order valence-electron chi connectivity index (χ0n) is 23.0. The van der Waals surface area contributed by atoms with Crippen LogP contribution in [0.2, 0.25) is 0 Å². The lowest BCUT2D eigenvalue weighted by molar-refractivity contribution is -0.137. The number of hydrogen-bond acceptors (Lipinski definition) is 4. The summed E-state index contributed by atoms with van der Waals surface area (Å²) in [5.41, 5.74) is 2.11. The largest absolute Gasteiger partial charge is 0.488 e. The molecule has 3 aromatic carbocycles. The molecule has 0 fully saturated rings. The first kappa shape index (κ1) is 31.1. The summed E-state index contributed by atoms with van der Waals surface area (Å²) in [6.45, 7) is 1.64. The van der Waals surface area contributed by atoms with Crippen molar-refractivity contribution in [1.29, 1.82) is 0 Å². The van der Waals surface area contributed by atoms with Crippen LogP contribution in [0.5, 0.6) is 5.75 Å². The first-order valence-electron chi connectivity index (χ1n) is 13.6. The maximum atomic E-state index is 14.2. The average Bonchev–Trinajstić information content (AvgIpc) is 3.45. The Labute approximate surface area is 246 Å². The number of carbonyl (C=O) groups excluding carboxylic acids is 2. The molecule has 0 aromatic heterocycles. The van der Waals surface area contributed by atoms with Gasteiger partial charge in [0.25, 0.3) is 0 Å². The van der Waals surface area contributed by atoms with E-state index in [0.717, 1.165) is 12.1 Å². The summed E-state index contributed by atoms with van der Waals surface area (Å²) in [4.78, 5) is 25.1. The number of alkyl halides is 4. The van der Waals surface area contributed by atoms with Crippen molar-refractivity contribution in [2.45, 2.75) is 51.8 Å². The third-order valence-corrected chi connectivity index (χ3v) is 7.07. The fourth-order valence-electron chi connectivity index (χ4n) is 4.86. The van der Waals surface area contributed by atoms with Crippen LogP contribution in [-0.4, -0.2) is 24.4 Å². The summed E-state index contributed by atoms with van der Waals surface area (Å²) in [5, 5.41) is 2.78. The zero-order valence-corrected chi connectivity index (χ0v) is 23.7. The number of halogens is 5. The zero-order chi connectivity index (χ0) is 30.3. The predicted molar refractivity (Wildman–Crippen MR) is 154 cm³/mol. The van der Waals surface area contributed by atoms with Crippen LogP contribution in [0.25, 0.3) is 11.1 Å². The topological polar surface area (TPSA) is 64.6 Å². The summed E-state index contributed by atoms with van der Waals surface area (Å²) < 4.78 is 66.7. The highest BCUT2D eigenvalue weighted by Gasteiger charge is 2.32. The number of esters is 1. The molecule has 0 spiro atoms. The maximum Gasteiger partial charge on any atom is 0.416 e. The summed E-state index contributed by atoms with van der Waals surface area (Å²) in [6, 6.07) is 14.0. The van der Waals surface area contributed by atoms with E-state index in [2.05, 4.69) is 5.32 Å². The van der Waals surface area contributed by atoms with Crippen LogP contribution in [0, 0.1) is 5.82 Å². The predicted octanol–water partition coefficient (Wildman–Crippen LogP) is 8.65. The molecule has 4 rings (SSSR count). The first-order valence-corrected chi connectivity index (χ1v) is 14.1. The van der Waals surface area contributed by atoms with Gasteiger partial charge in [-0.2, -0.15) is 13.2 Å². The van der Waals surface area contributed by atoms with Crippen LogP contribution >= 0.6 is 11.6 Å². The van der Waals surface area contributed by atoms with Crippen molar-refractivity contribution in [1.82, 2.24) is 0 Å². The van der Waals surface area contributed by atoms with Gasteiger partial charge in [0.15, 0.2) is 0 Å². The molecule has 5 nitrogen and oxygen atoms in total. The third kappa shape index (κ3) is 7.70. The maximum absolute atomic E-state index is 14.2. The molecule has 0 bridgehead atoms. The highest BCUT2D eigenvalue weighted by molar-refractivity contribution is 6.18. The third-order valence-electron chi connectivity index (χ3n) is 6.80. The van der Waals surface area contributed by atoms with E-state index >= 15 is 0 Å². The fourth-order valence-corrected chi connectivity index (χ4v) is 4.99. The van der Waals surface area contributed by atoms with Gasteiger partial charge in [-0.1, -0.05) is 18.2 Å². The molecular formula is C32H30ClF4NO4. The molecule has 0 heterocycles. The summed E-state index contributed by atoms with van der Waals surface area (Å²) in [6.07, 6.45) is -2.32. The highest BCUT2D eigenvalue weighted by atomic mass is 35.5. The van der Waals surface area contributed by atoms with Crippen molar-refractivity contribution in [2.24, 2.45) is 0 Å². The first-order chi connectivity index (χ1) is 20.1. The molecule has 42 heavy (non-hydrogen) atoms. The van der Waals surface area contributed by atoms with Gasteiger partial charge in [0.1, 0.15) is 18.2 Å². The average molecular weight is 604 g/mol. The Bertz CT molecular complexity index is 1490. The van der Waals surface area contributed by atoms with Crippen molar-refractivity contribution in [3.05, 3.63) is 94.3 Å². The van der Waals surface area contributed by atoms with E-state index < -0.39 is 23.5 Å². The Hall–Kier alpha value is -3.85. The quantitative estimate of drug-likeness (QED) is 0.135. The van der Waals surface area contributed by atoms with Gasteiger partial charge in [-0.15, -0.1) is 11.6 Å². The van der Waals surface area contributed by atoms with Crippen LogP contribution in [0.15, 0.2) is 60.7 Å². The molecule has 0 saturated carbocycles. The van der Waals surface area contributed by atoms with E-state index in [1.54, 1.807) is 31.2 Å².